The standard InChI is InChI=1S/C20H32Si/c1-20(2,3)21(4,5)18-14-12-10-8-6-7-9-11-13-15-19-16-17-19/h15H,8-13,16-17H2,1-5H3. The summed E-state index contributed by atoms with van der Waals surface area (Å²) in [6, 6.07) is 0. The number of allylic oxidation sites excluding steroid dienone is 2. The van der Waals surface area contributed by atoms with Crippen molar-refractivity contribution in [2.75, 3.05) is 0 Å². The molecule has 0 aromatic heterocycles. The number of hydrogen-bond donors (Lipinski definition) is 0. The van der Waals surface area contributed by atoms with Gasteiger partial charge in [0.05, 0.1) is 0 Å². The molecule has 0 aliphatic heterocycles. The zero-order valence-electron chi connectivity index (χ0n) is 14.7. The van der Waals surface area contributed by atoms with Gasteiger partial charge < -0.3 is 0 Å². The summed E-state index contributed by atoms with van der Waals surface area (Å²) in [6.07, 6.45) is 11.7. The Labute approximate surface area is 133 Å². The molecule has 0 nitrogen and oxygen atoms in total. The van der Waals surface area contributed by atoms with Gasteiger partial charge >= 0.3 is 0 Å². The van der Waals surface area contributed by atoms with Gasteiger partial charge in [-0.3, -0.25) is 0 Å². The van der Waals surface area contributed by atoms with Gasteiger partial charge in [0.25, 0.3) is 0 Å². The van der Waals surface area contributed by atoms with Crippen LogP contribution in [0.25, 0.3) is 0 Å². The summed E-state index contributed by atoms with van der Waals surface area (Å²) >= 11 is 0. The van der Waals surface area contributed by atoms with Gasteiger partial charge in [-0.2, -0.15) is 0 Å². The molecule has 0 amide bonds. The van der Waals surface area contributed by atoms with Crippen LogP contribution in [0.4, 0.5) is 0 Å². The van der Waals surface area contributed by atoms with Gasteiger partial charge in [-0.25, -0.2) is 0 Å². The van der Waals surface area contributed by atoms with Crippen LogP contribution in [0.15, 0.2) is 11.6 Å². The first-order valence-electron chi connectivity index (χ1n) is 8.46. The third kappa shape index (κ3) is 8.18. The summed E-state index contributed by atoms with van der Waals surface area (Å²) < 4.78 is 0. The third-order valence-corrected chi connectivity index (χ3v) is 9.03. The van der Waals surface area contributed by atoms with E-state index in [1.165, 1.54) is 25.7 Å². The van der Waals surface area contributed by atoms with E-state index >= 15 is 0 Å². The Bertz CT molecular complexity index is 460. The van der Waals surface area contributed by atoms with E-state index in [1.54, 1.807) is 5.57 Å². The van der Waals surface area contributed by atoms with Gasteiger partial charge in [-0.15, -0.1) is 23.3 Å². The van der Waals surface area contributed by atoms with Crippen molar-refractivity contribution in [3.63, 3.8) is 0 Å². The maximum absolute atomic E-state index is 3.57. The lowest BCUT2D eigenvalue weighted by atomic mass is 10.2. The topological polar surface area (TPSA) is 0 Å². The van der Waals surface area contributed by atoms with Gasteiger partial charge in [0.2, 0.25) is 0 Å². The molecular weight excluding hydrogens is 268 g/mol. The lowest BCUT2D eigenvalue weighted by Crippen LogP contribution is -2.35. The van der Waals surface area contributed by atoms with Crippen LogP contribution in [0.3, 0.4) is 0 Å². The molecule has 0 aromatic carbocycles. The fourth-order valence-electron chi connectivity index (χ4n) is 1.69. The number of unbranched alkanes of at least 4 members (excludes halogenated alkanes) is 4. The highest BCUT2D eigenvalue weighted by Gasteiger charge is 2.33. The Kier molecular flexibility index (Phi) is 7.34. The molecule has 1 fully saturated rings. The Hall–Kier alpha value is -0.923. The largest absolute Gasteiger partial charge is 0.137 e. The van der Waals surface area contributed by atoms with Gasteiger partial charge in [0, 0.05) is 19.3 Å². The van der Waals surface area contributed by atoms with Gasteiger partial charge in [0.15, 0.2) is 0 Å². The molecule has 1 aliphatic carbocycles. The smallest absolute Gasteiger partial charge is 0.131 e. The highest BCUT2D eigenvalue weighted by atomic mass is 28.3. The normalized spacial score (nSPS) is 13.9. The highest BCUT2D eigenvalue weighted by molar-refractivity contribution is 6.87. The molecule has 1 rings (SSSR count). The van der Waals surface area contributed by atoms with Crippen molar-refractivity contribution < 1.29 is 0 Å². The fourth-order valence-corrected chi connectivity index (χ4v) is 2.63. The minimum Gasteiger partial charge on any atom is -0.131 e. The SMILES string of the molecule is CC(C)(C)[Si](C)(C)C#CCCCC#CCCCC=C1CC1. The summed E-state index contributed by atoms with van der Waals surface area (Å²) in [5.41, 5.74) is 5.22. The Balaban J connectivity index is 2.08. The van der Waals surface area contributed by atoms with Crippen LogP contribution in [-0.2, 0) is 0 Å². The molecule has 0 atom stereocenters. The molecule has 1 saturated carbocycles. The number of rotatable bonds is 5. The van der Waals surface area contributed by atoms with E-state index in [0.717, 1.165) is 25.7 Å². The van der Waals surface area contributed by atoms with Crippen LogP contribution in [0.1, 0.15) is 72.1 Å². The predicted molar refractivity (Wildman–Crippen MR) is 97.8 cm³/mol. The summed E-state index contributed by atoms with van der Waals surface area (Å²) in [6.45, 7) is 11.7. The molecule has 0 N–H and O–H groups in total. The second kappa shape index (κ2) is 8.50. The Morgan fingerprint density at radius 1 is 0.952 bits per heavy atom. The monoisotopic (exact) mass is 300 g/mol. The zero-order chi connectivity index (χ0) is 15.8. The molecule has 116 valence electrons. The average Bonchev–Trinajstić information content (AvgIpc) is 3.18. The summed E-state index contributed by atoms with van der Waals surface area (Å²) in [5, 5.41) is 0.371. The lowest BCUT2D eigenvalue weighted by molar-refractivity contribution is 0.730. The van der Waals surface area contributed by atoms with E-state index < -0.39 is 8.07 Å². The van der Waals surface area contributed by atoms with Gasteiger partial charge in [-0.05, 0) is 37.1 Å². The first-order valence-corrected chi connectivity index (χ1v) is 11.5. The van der Waals surface area contributed by atoms with Crippen molar-refractivity contribution in [1.82, 2.24) is 0 Å². The second-order valence-electron chi connectivity index (χ2n) is 7.64. The second-order valence-corrected chi connectivity index (χ2v) is 12.6. The van der Waals surface area contributed by atoms with Crippen LogP contribution in [0.5, 0.6) is 0 Å². The Morgan fingerprint density at radius 2 is 1.52 bits per heavy atom. The number of hydrogen-bond acceptors (Lipinski definition) is 0. The molecule has 1 heteroatoms. The van der Waals surface area contributed by atoms with Crippen LogP contribution >= 0.6 is 0 Å². The molecule has 1 aliphatic rings. The van der Waals surface area contributed by atoms with E-state index in [-0.39, 0.29) is 0 Å². The van der Waals surface area contributed by atoms with Crippen molar-refractivity contribution in [2.45, 2.75) is 90.3 Å². The van der Waals surface area contributed by atoms with E-state index in [2.05, 4.69) is 63.2 Å². The summed E-state index contributed by atoms with van der Waals surface area (Å²) in [5.74, 6) is 9.98. The lowest BCUT2D eigenvalue weighted by Gasteiger charge is -2.31. The van der Waals surface area contributed by atoms with E-state index in [0.29, 0.717) is 5.04 Å². The van der Waals surface area contributed by atoms with Crippen LogP contribution in [0, 0.1) is 23.3 Å². The molecular formula is C20H32Si. The van der Waals surface area contributed by atoms with Crippen LogP contribution in [-0.4, -0.2) is 8.07 Å². The minimum atomic E-state index is -1.40. The predicted octanol–water partition coefficient (Wildman–Crippen LogP) is 6.10. The van der Waals surface area contributed by atoms with Crippen molar-refractivity contribution in [2.24, 2.45) is 0 Å². The highest BCUT2D eigenvalue weighted by Crippen LogP contribution is 2.35. The third-order valence-electron chi connectivity index (χ3n) is 4.48. The average molecular weight is 301 g/mol. The summed E-state index contributed by atoms with van der Waals surface area (Å²) in [7, 11) is -1.40. The maximum atomic E-state index is 3.57. The summed E-state index contributed by atoms with van der Waals surface area (Å²) in [4.78, 5) is 0. The molecule has 0 radical (unpaired) electrons. The van der Waals surface area contributed by atoms with Crippen molar-refractivity contribution in [1.29, 1.82) is 0 Å². The quantitative estimate of drug-likeness (QED) is 0.249. The van der Waals surface area contributed by atoms with Crippen molar-refractivity contribution in [3.05, 3.63) is 11.6 Å². The molecule has 0 spiro atoms. The molecule has 0 aromatic rings. The van der Waals surface area contributed by atoms with E-state index in [4.69, 9.17) is 0 Å². The molecule has 21 heavy (non-hydrogen) atoms. The van der Waals surface area contributed by atoms with Crippen molar-refractivity contribution >= 4 is 8.07 Å². The van der Waals surface area contributed by atoms with Crippen molar-refractivity contribution in [3.8, 4) is 23.3 Å². The molecule has 0 heterocycles. The molecule has 0 saturated heterocycles. The minimum absolute atomic E-state index is 0.371. The Morgan fingerprint density at radius 3 is 2.10 bits per heavy atom. The molecule has 0 unspecified atom stereocenters. The fraction of sp³-hybridized carbons (Fsp3) is 0.700. The molecule has 0 bridgehead atoms. The van der Waals surface area contributed by atoms with E-state index in [1.807, 2.05) is 0 Å². The van der Waals surface area contributed by atoms with Gasteiger partial charge in [0.1, 0.15) is 8.07 Å². The van der Waals surface area contributed by atoms with Gasteiger partial charge in [-0.1, -0.05) is 45.5 Å². The first kappa shape index (κ1) is 18.1. The van der Waals surface area contributed by atoms with E-state index in [9.17, 15) is 0 Å². The van der Waals surface area contributed by atoms with Crippen LogP contribution in [0.2, 0.25) is 18.1 Å². The van der Waals surface area contributed by atoms with Crippen LogP contribution < -0.4 is 0 Å². The maximum Gasteiger partial charge on any atom is 0.137 e. The zero-order valence-corrected chi connectivity index (χ0v) is 15.7. The first-order chi connectivity index (χ1) is 9.83.